The lowest BCUT2D eigenvalue weighted by Gasteiger charge is -2.31. The van der Waals surface area contributed by atoms with Crippen LogP contribution >= 0.6 is 11.8 Å². The molecule has 0 atom stereocenters. The predicted molar refractivity (Wildman–Crippen MR) is 129 cm³/mol. The number of furan rings is 1. The molecule has 174 valence electrons. The number of amides is 2. The molecule has 33 heavy (non-hydrogen) atoms. The quantitative estimate of drug-likeness (QED) is 0.484. The van der Waals surface area contributed by atoms with E-state index in [9.17, 15) is 9.59 Å². The maximum absolute atomic E-state index is 12.5. The molecule has 0 radical (unpaired) electrons. The molecule has 1 saturated heterocycles. The average molecular weight is 469 g/mol. The molecule has 3 aromatic rings. The molecule has 1 fully saturated rings. The minimum Gasteiger partial charge on any atom is -0.467 e. The zero-order valence-corrected chi connectivity index (χ0v) is 19.6. The van der Waals surface area contributed by atoms with Crippen molar-refractivity contribution in [1.82, 2.24) is 14.8 Å². The molecule has 0 bridgehead atoms. The molecule has 2 amide bonds. The number of rotatable bonds is 8. The van der Waals surface area contributed by atoms with Gasteiger partial charge in [0.05, 0.1) is 18.6 Å². The van der Waals surface area contributed by atoms with Crippen LogP contribution in [0, 0.1) is 5.92 Å². The number of hydrogen-bond donors (Lipinski definition) is 2. The maximum atomic E-state index is 12.5. The predicted octanol–water partition coefficient (Wildman–Crippen LogP) is 3.84. The second kappa shape index (κ2) is 10.6. The van der Waals surface area contributed by atoms with Crippen LogP contribution in [0.1, 0.15) is 32.4 Å². The molecule has 2 aromatic heterocycles. The summed E-state index contributed by atoms with van der Waals surface area (Å²) in [7, 11) is 0. The summed E-state index contributed by atoms with van der Waals surface area (Å²) in [6, 6.07) is 10.8. The van der Waals surface area contributed by atoms with E-state index in [1.165, 1.54) is 18.7 Å². The Morgan fingerprint density at radius 1 is 1.09 bits per heavy atom. The topological polar surface area (TPSA) is 105 Å². The van der Waals surface area contributed by atoms with E-state index in [1.54, 1.807) is 30.5 Å². The van der Waals surface area contributed by atoms with Crippen LogP contribution in [0.5, 0.6) is 0 Å². The Morgan fingerprint density at radius 3 is 2.42 bits per heavy atom. The van der Waals surface area contributed by atoms with Gasteiger partial charge in [-0.15, -0.1) is 10.2 Å². The minimum atomic E-state index is -0.145. The fourth-order valence-corrected chi connectivity index (χ4v) is 4.43. The van der Waals surface area contributed by atoms with Gasteiger partial charge >= 0.3 is 0 Å². The van der Waals surface area contributed by atoms with E-state index in [4.69, 9.17) is 4.42 Å². The van der Waals surface area contributed by atoms with E-state index in [-0.39, 0.29) is 17.6 Å². The number of benzene rings is 1. The van der Waals surface area contributed by atoms with Crippen molar-refractivity contribution >= 4 is 40.9 Å². The largest absolute Gasteiger partial charge is 0.467 e. The molecule has 0 saturated carbocycles. The first-order valence-corrected chi connectivity index (χ1v) is 12.0. The van der Waals surface area contributed by atoms with Gasteiger partial charge in [-0.05, 0) is 55.2 Å². The van der Waals surface area contributed by atoms with Crippen LogP contribution in [0.25, 0.3) is 0 Å². The first kappa shape index (κ1) is 22.9. The van der Waals surface area contributed by atoms with E-state index in [1.807, 2.05) is 16.7 Å². The van der Waals surface area contributed by atoms with Crippen molar-refractivity contribution in [3.05, 3.63) is 48.4 Å². The molecule has 1 aromatic carbocycles. The van der Waals surface area contributed by atoms with Gasteiger partial charge in [0.1, 0.15) is 5.76 Å². The number of carbonyl (C=O) groups excluding carboxylic acids is 2. The molecule has 10 heteroatoms. The molecular weight excluding hydrogens is 440 g/mol. The number of piperidine rings is 1. The number of carbonyl (C=O) groups is 2. The van der Waals surface area contributed by atoms with Gasteiger partial charge in [-0.25, -0.2) is 0 Å². The van der Waals surface area contributed by atoms with E-state index >= 15 is 0 Å². The highest BCUT2D eigenvalue weighted by molar-refractivity contribution is 7.99. The van der Waals surface area contributed by atoms with E-state index < -0.39 is 0 Å². The summed E-state index contributed by atoms with van der Waals surface area (Å²) < 4.78 is 7.57. The van der Waals surface area contributed by atoms with Gasteiger partial charge in [0.25, 0.3) is 0 Å². The fraction of sp³-hybridized carbons (Fsp3) is 0.391. The smallest absolute Gasteiger partial charge is 0.234 e. The van der Waals surface area contributed by atoms with Crippen LogP contribution in [-0.2, 0) is 16.1 Å². The fourth-order valence-electron chi connectivity index (χ4n) is 3.69. The normalized spacial score (nSPS) is 14.3. The van der Waals surface area contributed by atoms with Gasteiger partial charge < -0.3 is 20.0 Å². The summed E-state index contributed by atoms with van der Waals surface area (Å²) in [6.07, 6.45) is 3.90. The summed E-state index contributed by atoms with van der Waals surface area (Å²) in [5, 5.41) is 15.1. The maximum Gasteiger partial charge on any atom is 0.234 e. The molecule has 0 spiro atoms. The summed E-state index contributed by atoms with van der Waals surface area (Å²) in [4.78, 5) is 25.9. The zero-order chi connectivity index (χ0) is 23.2. The first-order chi connectivity index (χ1) is 16.0. The Labute approximate surface area is 196 Å². The van der Waals surface area contributed by atoms with Gasteiger partial charge in [0.15, 0.2) is 5.16 Å². The Kier molecular flexibility index (Phi) is 7.33. The summed E-state index contributed by atoms with van der Waals surface area (Å²) in [6.45, 7) is 6.12. The van der Waals surface area contributed by atoms with Crippen LogP contribution < -0.4 is 15.5 Å². The van der Waals surface area contributed by atoms with Crippen LogP contribution in [0.3, 0.4) is 0 Å². The minimum absolute atomic E-state index is 0.139. The molecule has 3 heterocycles. The van der Waals surface area contributed by atoms with Crippen molar-refractivity contribution in [2.45, 2.75) is 38.4 Å². The Bertz CT molecular complexity index is 1070. The number of anilines is 3. The van der Waals surface area contributed by atoms with Crippen molar-refractivity contribution in [3.8, 4) is 0 Å². The van der Waals surface area contributed by atoms with E-state index in [0.29, 0.717) is 29.0 Å². The number of nitrogens with one attached hydrogen (secondary N) is 2. The lowest BCUT2D eigenvalue weighted by atomic mass is 10.00. The van der Waals surface area contributed by atoms with Crippen molar-refractivity contribution in [2.75, 3.05) is 34.4 Å². The van der Waals surface area contributed by atoms with Crippen LogP contribution in [0.4, 0.5) is 17.3 Å². The molecule has 9 nitrogen and oxygen atoms in total. The molecule has 4 rings (SSSR count). The molecule has 0 unspecified atom stereocenters. The first-order valence-electron chi connectivity index (χ1n) is 11.0. The summed E-state index contributed by atoms with van der Waals surface area (Å²) in [5.41, 5.74) is 1.34. The van der Waals surface area contributed by atoms with E-state index in [2.05, 4.69) is 32.7 Å². The second-order valence-electron chi connectivity index (χ2n) is 8.21. The number of nitrogens with zero attached hydrogens (tertiary/aromatic N) is 4. The number of aromatic nitrogens is 3. The molecule has 2 N–H and O–H groups in total. The van der Waals surface area contributed by atoms with Crippen molar-refractivity contribution in [1.29, 1.82) is 0 Å². The van der Waals surface area contributed by atoms with Gasteiger partial charge in [-0.3, -0.25) is 14.2 Å². The van der Waals surface area contributed by atoms with Crippen molar-refractivity contribution in [3.63, 3.8) is 0 Å². The Balaban J connectivity index is 1.41. The lowest BCUT2D eigenvalue weighted by Crippen LogP contribution is -2.35. The SMILES string of the molecule is CC(=O)Nc1ccc(NC(=O)CSc2nnc(N3CCC(C)CC3)n2Cc2ccco2)cc1. The Morgan fingerprint density at radius 2 is 1.79 bits per heavy atom. The summed E-state index contributed by atoms with van der Waals surface area (Å²) >= 11 is 1.35. The lowest BCUT2D eigenvalue weighted by molar-refractivity contribution is -0.114. The second-order valence-corrected chi connectivity index (χ2v) is 9.16. The third-order valence-electron chi connectivity index (χ3n) is 5.48. The molecule has 1 aliphatic heterocycles. The highest BCUT2D eigenvalue weighted by atomic mass is 32.2. The highest BCUT2D eigenvalue weighted by Gasteiger charge is 2.23. The van der Waals surface area contributed by atoms with Crippen molar-refractivity contribution in [2.24, 2.45) is 5.92 Å². The van der Waals surface area contributed by atoms with Gasteiger partial charge in [-0.1, -0.05) is 18.7 Å². The number of hydrogen-bond acceptors (Lipinski definition) is 7. The van der Waals surface area contributed by atoms with Crippen molar-refractivity contribution < 1.29 is 14.0 Å². The van der Waals surface area contributed by atoms with Crippen LogP contribution in [0.15, 0.2) is 52.2 Å². The van der Waals surface area contributed by atoms with Gasteiger partial charge in [0.2, 0.25) is 17.8 Å². The molecular formula is C23H28N6O3S. The monoisotopic (exact) mass is 468 g/mol. The molecule has 1 aliphatic rings. The standard InChI is InChI=1S/C23H28N6O3S/c1-16-9-11-28(12-10-16)22-26-27-23(29(22)14-20-4-3-13-32-20)33-15-21(31)25-19-7-5-18(6-8-19)24-17(2)30/h3-8,13,16H,9-12,14-15H2,1-2H3,(H,24,30)(H,25,31). The highest BCUT2D eigenvalue weighted by Crippen LogP contribution is 2.27. The zero-order valence-electron chi connectivity index (χ0n) is 18.8. The average Bonchev–Trinajstić information content (AvgIpc) is 3.44. The third kappa shape index (κ3) is 6.16. The molecule has 0 aliphatic carbocycles. The summed E-state index contributed by atoms with van der Waals surface area (Å²) in [5.74, 6) is 2.25. The number of thioether (sulfide) groups is 1. The van der Waals surface area contributed by atoms with Crippen LogP contribution in [-0.4, -0.2) is 45.4 Å². The van der Waals surface area contributed by atoms with Crippen LogP contribution in [0.2, 0.25) is 0 Å². The van der Waals surface area contributed by atoms with Gasteiger partial charge in [-0.2, -0.15) is 0 Å². The third-order valence-corrected chi connectivity index (χ3v) is 6.45. The van der Waals surface area contributed by atoms with E-state index in [0.717, 1.165) is 37.6 Å². The Hall–Kier alpha value is -3.27. The van der Waals surface area contributed by atoms with Gasteiger partial charge in [0, 0.05) is 31.4 Å².